The van der Waals surface area contributed by atoms with Crippen LogP contribution >= 0.6 is 0 Å². The Morgan fingerprint density at radius 1 is 1.07 bits per heavy atom. The molecule has 2 radical (unpaired) electrons. The molecule has 0 amide bonds. The minimum atomic E-state index is 0.890. The summed E-state index contributed by atoms with van der Waals surface area (Å²) < 4.78 is 0. The molecule has 0 atom stereocenters. The molecule has 0 aromatic heterocycles. The smallest absolute Gasteiger partial charge is 0.0106 e. The summed E-state index contributed by atoms with van der Waals surface area (Å²) in [4.78, 5) is 0. The number of rotatable bonds is 5. The number of hydrogen-bond donors (Lipinski definition) is 0. The molecule has 0 aliphatic carbocycles. The predicted molar refractivity (Wildman–Crippen MR) is 65.1 cm³/mol. The van der Waals surface area contributed by atoms with Gasteiger partial charge in [0.15, 0.2) is 0 Å². The van der Waals surface area contributed by atoms with E-state index in [2.05, 4.69) is 12.2 Å². The molecule has 74 valence electrons. The van der Waals surface area contributed by atoms with Gasteiger partial charge in [0.2, 0.25) is 0 Å². The van der Waals surface area contributed by atoms with Gasteiger partial charge >= 0.3 is 0 Å². The molecule has 1 aromatic carbocycles. The number of benzene rings is 1. The molecule has 0 heterocycles. The summed E-state index contributed by atoms with van der Waals surface area (Å²) in [5, 5.41) is 0. The Hall–Kier alpha value is -1.82. The highest BCUT2D eigenvalue weighted by molar-refractivity contribution is 5.23. The normalized spacial score (nSPS) is 11.7. The van der Waals surface area contributed by atoms with E-state index in [9.17, 15) is 0 Å². The largest absolute Gasteiger partial charge is 0.0807 e. The minimum Gasteiger partial charge on any atom is -0.0807 e. The molecule has 0 nitrogen and oxygen atoms in total. The van der Waals surface area contributed by atoms with Crippen LogP contribution in [0.4, 0.5) is 0 Å². The average molecular weight is 194 g/mol. The highest BCUT2D eigenvalue weighted by Crippen LogP contribution is 1.98. The SMILES string of the molecule is [CH]=CC=CCC=CC=[C]c1ccccc1. The monoisotopic (exact) mass is 194 g/mol. The van der Waals surface area contributed by atoms with Crippen molar-refractivity contribution in [2.45, 2.75) is 6.42 Å². The van der Waals surface area contributed by atoms with Crippen molar-refractivity contribution in [2.24, 2.45) is 0 Å². The van der Waals surface area contributed by atoms with Crippen molar-refractivity contribution in [1.82, 2.24) is 0 Å². The van der Waals surface area contributed by atoms with Crippen molar-refractivity contribution in [3.63, 3.8) is 0 Å². The standard InChI is InChI=1S/C15H14/c1-2-3-4-5-6-7-9-12-15-13-10-8-11-14-15/h1-4,6-11,13-14H,5H2. The summed E-state index contributed by atoms with van der Waals surface area (Å²) >= 11 is 0. The zero-order valence-electron chi connectivity index (χ0n) is 8.64. The molecule has 15 heavy (non-hydrogen) atoms. The maximum atomic E-state index is 5.19. The maximum absolute atomic E-state index is 5.19. The Labute approximate surface area is 92.0 Å². The molecular formula is C15H14. The van der Waals surface area contributed by atoms with Crippen LogP contribution in [0, 0.1) is 12.7 Å². The van der Waals surface area contributed by atoms with Crippen LogP contribution < -0.4 is 0 Å². The lowest BCUT2D eigenvalue weighted by atomic mass is 10.2. The molecule has 0 saturated carbocycles. The lowest BCUT2D eigenvalue weighted by Crippen LogP contribution is -1.69. The van der Waals surface area contributed by atoms with Crippen LogP contribution in [0.3, 0.4) is 0 Å². The van der Waals surface area contributed by atoms with Gasteiger partial charge in [0, 0.05) is 0 Å². The summed E-state index contributed by atoms with van der Waals surface area (Å²) in [6, 6.07) is 10.0. The van der Waals surface area contributed by atoms with Gasteiger partial charge in [-0.2, -0.15) is 0 Å². The fourth-order valence-corrected chi connectivity index (χ4v) is 1.06. The van der Waals surface area contributed by atoms with Crippen LogP contribution in [-0.2, 0) is 0 Å². The first kappa shape index (κ1) is 11.3. The highest BCUT2D eigenvalue weighted by Gasteiger charge is 1.80. The first-order valence-electron chi connectivity index (χ1n) is 4.93. The Balaban J connectivity index is 2.33. The zero-order chi connectivity index (χ0) is 10.8. The van der Waals surface area contributed by atoms with Gasteiger partial charge in [-0.25, -0.2) is 0 Å². The Morgan fingerprint density at radius 2 is 1.80 bits per heavy atom. The fourth-order valence-electron chi connectivity index (χ4n) is 1.06. The summed E-state index contributed by atoms with van der Waals surface area (Å²) in [5.41, 5.74) is 1.09. The third-order valence-corrected chi connectivity index (χ3v) is 1.78. The van der Waals surface area contributed by atoms with Crippen molar-refractivity contribution >= 4 is 0 Å². The van der Waals surface area contributed by atoms with E-state index >= 15 is 0 Å². The van der Waals surface area contributed by atoms with Crippen molar-refractivity contribution < 1.29 is 0 Å². The molecule has 0 aliphatic heterocycles. The van der Waals surface area contributed by atoms with Gasteiger partial charge in [-0.3, -0.25) is 0 Å². The first-order valence-corrected chi connectivity index (χ1v) is 4.93. The molecular weight excluding hydrogens is 180 g/mol. The van der Waals surface area contributed by atoms with E-state index in [-0.39, 0.29) is 0 Å². The molecule has 1 aromatic rings. The van der Waals surface area contributed by atoms with Gasteiger partial charge in [0.1, 0.15) is 0 Å². The van der Waals surface area contributed by atoms with E-state index in [1.54, 1.807) is 0 Å². The van der Waals surface area contributed by atoms with Crippen LogP contribution in [0.1, 0.15) is 12.0 Å². The maximum Gasteiger partial charge on any atom is -0.0106 e. The Kier molecular flexibility index (Phi) is 5.68. The van der Waals surface area contributed by atoms with Crippen LogP contribution in [-0.4, -0.2) is 0 Å². The first-order chi connectivity index (χ1) is 7.43. The molecule has 0 saturated heterocycles. The molecule has 1 rings (SSSR count). The summed E-state index contributed by atoms with van der Waals surface area (Å²) in [5.74, 6) is 0. The quantitative estimate of drug-likeness (QED) is 0.624. The second-order valence-corrected chi connectivity index (χ2v) is 2.96. The van der Waals surface area contributed by atoms with E-state index in [1.807, 2.05) is 54.6 Å². The molecule has 0 unspecified atom stereocenters. The van der Waals surface area contributed by atoms with Crippen LogP contribution in [0.15, 0.2) is 66.8 Å². The van der Waals surface area contributed by atoms with Crippen molar-refractivity contribution in [2.75, 3.05) is 0 Å². The van der Waals surface area contributed by atoms with E-state index in [4.69, 9.17) is 6.58 Å². The van der Waals surface area contributed by atoms with Crippen LogP contribution in [0.2, 0.25) is 0 Å². The molecule has 0 N–H and O–H groups in total. The van der Waals surface area contributed by atoms with Crippen LogP contribution in [0.5, 0.6) is 0 Å². The average Bonchev–Trinajstić information content (AvgIpc) is 2.29. The van der Waals surface area contributed by atoms with E-state index in [1.165, 1.54) is 6.08 Å². The summed E-state index contributed by atoms with van der Waals surface area (Å²) in [7, 11) is 0. The summed E-state index contributed by atoms with van der Waals surface area (Å²) in [6.45, 7) is 5.19. The van der Waals surface area contributed by atoms with E-state index < -0.39 is 0 Å². The zero-order valence-corrected chi connectivity index (χ0v) is 8.64. The van der Waals surface area contributed by atoms with Gasteiger partial charge in [0.05, 0.1) is 0 Å². The third kappa shape index (κ3) is 5.48. The Bertz CT molecular complexity index is 353. The second kappa shape index (κ2) is 7.57. The molecule has 0 aliphatic rings. The van der Waals surface area contributed by atoms with Gasteiger partial charge in [-0.05, 0) is 18.1 Å². The van der Waals surface area contributed by atoms with Crippen molar-refractivity contribution in [3.8, 4) is 0 Å². The van der Waals surface area contributed by atoms with Gasteiger partial charge < -0.3 is 0 Å². The van der Waals surface area contributed by atoms with Gasteiger partial charge in [-0.15, -0.1) is 0 Å². The predicted octanol–water partition coefficient (Wildman–Crippen LogP) is 3.89. The highest BCUT2D eigenvalue weighted by atomic mass is 13.8. The molecule has 0 spiro atoms. The van der Waals surface area contributed by atoms with Crippen LogP contribution in [0.25, 0.3) is 0 Å². The fraction of sp³-hybridized carbons (Fsp3) is 0.0667. The summed E-state index contributed by atoms with van der Waals surface area (Å²) in [6.07, 6.45) is 15.3. The van der Waals surface area contributed by atoms with Gasteiger partial charge in [-0.1, -0.05) is 73.4 Å². The van der Waals surface area contributed by atoms with Gasteiger partial charge in [0.25, 0.3) is 0 Å². The molecule has 0 bridgehead atoms. The molecule has 0 fully saturated rings. The van der Waals surface area contributed by atoms with Crippen molar-refractivity contribution in [3.05, 3.63) is 85.0 Å². The van der Waals surface area contributed by atoms with E-state index in [0.717, 1.165) is 12.0 Å². The van der Waals surface area contributed by atoms with Crippen molar-refractivity contribution in [1.29, 1.82) is 0 Å². The third-order valence-electron chi connectivity index (χ3n) is 1.78. The number of hydrogen-bond acceptors (Lipinski definition) is 0. The topological polar surface area (TPSA) is 0 Å². The Morgan fingerprint density at radius 3 is 2.53 bits per heavy atom. The minimum absolute atomic E-state index is 0.890. The van der Waals surface area contributed by atoms with E-state index in [0.29, 0.717) is 0 Å². The number of allylic oxidation sites excluding steroid dienone is 6. The molecule has 0 heteroatoms. The lowest BCUT2D eigenvalue weighted by molar-refractivity contribution is 1.39. The second-order valence-electron chi connectivity index (χ2n) is 2.96. The lowest BCUT2D eigenvalue weighted by Gasteiger charge is -1.87.